The minimum atomic E-state index is -4.55. The Hall–Kier alpha value is -3.97. The normalized spacial score (nSPS) is 23.1. The van der Waals surface area contributed by atoms with Crippen LogP contribution in [0.1, 0.15) is 64.6 Å². The van der Waals surface area contributed by atoms with Crippen molar-refractivity contribution >= 4 is 23.8 Å². The van der Waals surface area contributed by atoms with Gasteiger partial charge in [0, 0.05) is 43.6 Å². The Morgan fingerprint density at radius 2 is 1.97 bits per heavy atom. The zero-order chi connectivity index (χ0) is 27.4. The van der Waals surface area contributed by atoms with Crippen molar-refractivity contribution < 1.29 is 41.5 Å². The molecule has 1 aromatic carbocycles. The molecule has 2 fully saturated rings. The molecule has 1 aromatic heterocycles. The van der Waals surface area contributed by atoms with Gasteiger partial charge >= 0.3 is 12.3 Å². The van der Waals surface area contributed by atoms with E-state index in [0.29, 0.717) is 11.3 Å². The number of nitrogens with one attached hydrogen (secondary N) is 2. The third-order valence-corrected chi connectivity index (χ3v) is 7.04. The van der Waals surface area contributed by atoms with Crippen LogP contribution in [0.15, 0.2) is 18.2 Å². The lowest BCUT2D eigenvalue weighted by molar-refractivity contribution is -0.142. The maximum atomic E-state index is 15.2. The highest BCUT2D eigenvalue weighted by atomic mass is 19.4. The lowest BCUT2D eigenvalue weighted by Crippen LogP contribution is -2.52. The zero-order valence-corrected chi connectivity index (χ0v) is 20.1. The summed E-state index contributed by atoms with van der Waals surface area (Å²) in [5, 5.41) is 8.21. The first kappa shape index (κ1) is 25.7. The van der Waals surface area contributed by atoms with Crippen LogP contribution in [0, 0.1) is 12.7 Å². The average Bonchev–Trinajstić information content (AvgIpc) is 3.36. The van der Waals surface area contributed by atoms with Gasteiger partial charge in [-0.05, 0) is 25.0 Å². The number of fused-ring (bicyclic) bond motifs is 1. The third-order valence-electron chi connectivity index (χ3n) is 7.04. The van der Waals surface area contributed by atoms with E-state index in [4.69, 9.17) is 4.74 Å². The SMILES string of the molecule is Cc1cc(C(F)(F)F)nn1C1CC(OC(=O)NCc2ccc3c(c2F)C(=O)N(C2CCC(=O)NC2=O)C3)C1. The van der Waals surface area contributed by atoms with Gasteiger partial charge in [-0.1, -0.05) is 12.1 Å². The fraction of sp³-hybridized carbons (Fsp3) is 0.458. The summed E-state index contributed by atoms with van der Waals surface area (Å²) in [6, 6.07) is 2.72. The van der Waals surface area contributed by atoms with Crippen molar-refractivity contribution in [3.63, 3.8) is 0 Å². The first-order valence-electron chi connectivity index (χ1n) is 11.9. The molecule has 3 aliphatic rings. The Bertz CT molecular complexity index is 1330. The number of hydrogen-bond donors (Lipinski definition) is 2. The van der Waals surface area contributed by atoms with Gasteiger partial charge in [0.1, 0.15) is 18.0 Å². The van der Waals surface area contributed by atoms with Crippen molar-refractivity contribution in [2.75, 3.05) is 0 Å². The Kier molecular flexibility index (Phi) is 6.35. The number of nitrogens with zero attached hydrogens (tertiary/aromatic N) is 3. The van der Waals surface area contributed by atoms with Crippen LogP contribution in [-0.4, -0.2) is 50.6 Å². The molecule has 2 aromatic rings. The summed E-state index contributed by atoms with van der Waals surface area (Å²) in [5.74, 6) is -2.51. The summed E-state index contributed by atoms with van der Waals surface area (Å²) in [4.78, 5) is 49.9. The van der Waals surface area contributed by atoms with Crippen LogP contribution in [0.3, 0.4) is 0 Å². The number of carbonyl (C=O) groups excluding carboxylic acids is 4. The van der Waals surface area contributed by atoms with Crippen LogP contribution < -0.4 is 10.6 Å². The number of ether oxygens (including phenoxy) is 1. The number of hydrogen-bond acceptors (Lipinski definition) is 6. The van der Waals surface area contributed by atoms with Crippen LogP contribution >= 0.6 is 0 Å². The van der Waals surface area contributed by atoms with E-state index < -0.39 is 53.6 Å². The molecule has 4 amide bonds. The molecular weight excluding hydrogens is 514 g/mol. The predicted molar refractivity (Wildman–Crippen MR) is 120 cm³/mol. The number of carbonyl (C=O) groups is 4. The molecule has 1 saturated heterocycles. The molecule has 5 rings (SSSR count). The van der Waals surface area contributed by atoms with Gasteiger partial charge in [-0.2, -0.15) is 18.3 Å². The number of benzene rings is 1. The van der Waals surface area contributed by atoms with Gasteiger partial charge in [-0.15, -0.1) is 0 Å². The van der Waals surface area contributed by atoms with Gasteiger partial charge in [0.15, 0.2) is 5.69 Å². The molecule has 14 heteroatoms. The second-order valence-corrected chi connectivity index (χ2v) is 9.59. The molecule has 3 heterocycles. The van der Waals surface area contributed by atoms with Crippen LogP contribution in [-0.2, 0) is 33.6 Å². The summed E-state index contributed by atoms with van der Waals surface area (Å²) in [6.45, 7) is 1.27. The van der Waals surface area contributed by atoms with E-state index in [9.17, 15) is 32.3 Å². The third kappa shape index (κ3) is 4.70. The molecule has 1 aliphatic carbocycles. The van der Waals surface area contributed by atoms with Crippen LogP contribution in [0.25, 0.3) is 0 Å². The van der Waals surface area contributed by atoms with Crippen LogP contribution in [0.4, 0.5) is 22.4 Å². The molecule has 202 valence electrons. The fourth-order valence-electron chi connectivity index (χ4n) is 4.98. The van der Waals surface area contributed by atoms with Crippen LogP contribution in [0.5, 0.6) is 0 Å². The van der Waals surface area contributed by atoms with Gasteiger partial charge < -0.3 is 15.0 Å². The van der Waals surface area contributed by atoms with Gasteiger partial charge in [0.2, 0.25) is 11.8 Å². The molecular formula is C24H23F4N5O5. The number of imide groups is 1. The molecule has 38 heavy (non-hydrogen) atoms. The second-order valence-electron chi connectivity index (χ2n) is 9.59. The van der Waals surface area contributed by atoms with E-state index in [1.54, 1.807) is 6.07 Å². The molecule has 0 bridgehead atoms. The molecule has 2 N–H and O–H groups in total. The zero-order valence-electron chi connectivity index (χ0n) is 20.1. The number of aryl methyl sites for hydroxylation is 1. The monoisotopic (exact) mass is 537 g/mol. The summed E-state index contributed by atoms with van der Waals surface area (Å²) in [6.07, 6.45) is -5.12. The number of rotatable bonds is 5. The Balaban J connectivity index is 1.15. The number of alkyl carbamates (subject to hydrolysis) is 1. The summed E-state index contributed by atoms with van der Waals surface area (Å²) >= 11 is 0. The minimum absolute atomic E-state index is 0.0240. The molecule has 2 aliphatic heterocycles. The fourth-order valence-corrected chi connectivity index (χ4v) is 4.98. The topological polar surface area (TPSA) is 123 Å². The maximum absolute atomic E-state index is 15.2. The Morgan fingerprint density at radius 1 is 1.24 bits per heavy atom. The standard InChI is InChI=1S/C24H23F4N5O5/c1-11-6-17(24(26,27)28)31-33(11)14-7-15(8-14)38-23(37)29-9-12-2-3-13-10-32(22(36)19(13)20(12)25)16-4-5-18(34)30-21(16)35/h2-3,6,14-16H,4-5,7-10H2,1H3,(H,29,37)(H,30,34,35). The molecule has 0 radical (unpaired) electrons. The molecule has 1 unspecified atom stereocenters. The quantitative estimate of drug-likeness (QED) is 0.447. The smallest absolute Gasteiger partial charge is 0.435 e. The Morgan fingerprint density at radius 3 is 2.63 bits per heavy atom. The van der Waals surface area contributed by atoms with E-state index in [-0.39, 0.29) is 55.9 Å². The highest BCUT2D eigenvalue weighted by Gasteiger charge is 2.41. The molecule has 1 atom stereocenters. The van der Waals surface area contributed by atoms with Crippen molar-refractivity contribution in [2.24, 2.45) is 0 Å². The first-order chi connectivity index (χ1) is 17.9. The van der Waals surface area contributed by atoms with Crippen molar-refractivity contribution in [3.05, 3.63) is 52.1 Å². The number of aromatic nitrogens is 2. The summed E-state index contributed by atoms with van der Waals surface area (Å²) < 4.78 is 60.3. The lowest BCUT2D eigenvalue weighted by atomic mass is 9.89. The maximum Gasteiger partial charge on any atom is 0.435 e. The minimum Gasteiger partial charge on any atom is -0.446 e. The van der Waals surface area contributed by atoms with E-state index in [2.05, 4.69) is 15.7 Å². The van der Waals surface area contributed by atoms with Gasteiger partial charge in [-0.3, -0.25) is 24.4 Å². The van der Waals surface area contributed by atoms with Gasteiger partial charge in [0.05, 0.1) is 11.6 Å². The molecule has 1 saturated carbocycles. The highest BCUT2D eigenvalue weighted by molar-refractivity contribution is 6.05. The Labute approximate surface area is 213 Å². The predicted octanol–water partition coefficient (Wildman–Crippen LogP) is 2.74. The summed E-state index contributed by atoms with van der Waals surface area (Å²) in [5.41, 5.74) is -0.378. The van der Waals surface area contributed by atoms with Crippen molar-refractivity contribution in [1.82, 2.24) is 25.3 Å². The van der Waals surface area contributed by atoms with Crippen molar-refractivity contribution in [2.45, 2.75) is 70.1 Å². The molecule has 10 nitrogen and oxygen atoms in total. The lowest BCUT2D eigenvalue weighted by Gasteiger charge is -2.35. The van der Waals surface area contributed by atoms with E-state index in [1.807, 2.05) is 0 Å². The largest absolute Gasteiger partial charge is 0.446 e. The number of halogens is 4. The van der Waals surface area contributed by atoms with Crippen molar-refractivity contribution in [3.8, 4) is 0 Å². The summed E-state index contributed by atoms with van der Waals surface area (Å²) in [7, 11) is 0. The molecule has 0 spiro atoms. The van der Waals surface area contributed by atoms with E-state index in [0.717, 1.165) is 6.07 Å². The van der Waals surface area contributed by atoms with Gasteiger partial charge in [-0.25, -0.2) is 9.18 Å². The first-order valence-corrected chi connectivity index (χ1v) is 11.9. The van der Waals surface area contributed by atoms with E-state index in [1.165, 1.54) is 22.6 Å². The van der Waals surface area contributed by atoms with Gasteiger partial charge in [0.25, 0.3) is 5.91 Å². The average molecular weight is 537 g/mol. The van der Waals surface area contributed by atoms with E-state index >= 15 is 4.39 Å². The number of piperidine rings is 1. The van der Waals surface area contributed by atoms with Crippen LogP contribution in [0.2, 0.25) is 0 Å². The number of alkyl halides is 3. The second kappa shape index (κ2) is 9.40. The number of amides is 4. The van der Waals surface area contributed by atoms with Crippen molar-refractivity contribution in [1.29, 1.82) is 0 Å². The highest BCUT2D eigenvalue weighted by Crippen LogP contribution is 2.37.